The lowest BCUT2D eigenvalue weighted by atomic mass is 10.0. The van der Waals surface area contributed by atoms with Crippen LogP contribution in [0.3, 0.4) is 0 Å². The quantitative estimate of drug-likeness (QED) is 0.600. The van der Waals surface area contributed by atoms with Gasteiger partial charge in [0.1, 0.15) is 5.75 Å². The van der Waals surface area contributed by atoms with Gasteiger partial charge in [0.05, 0.1) is 17.6 Å². The number of rotatable bonds is 6. The first-order chi connectivity index (χ1) is 16.5. The minimum atomic E-state index is -0.238. The molecule has 1 aromatic carbocycles. The van der Waals surface area contributed by atoms with Crippen molar-refractivity contribution < 1.29 is 9.53 Å². The number of aromatic nitrogens is 3. The number of carbonyl (C=O) groups excluding carboxylic acids is 1. The molecule has 8 heteroatoms. The van der Waals surface area contributed by atoms with Crippen LogP contribution in [0.5, 0.6) is 5.75 Å². The zero-order valence-electron chi connectivity index (χ0n) is 20.0. The van der Waals surface area contributed by atoms with Crippen LogP contribution >= 0.6 is 0 Å². The van der Waals surface area contributed by atoms with E-state index >= 15 is 0 Å². The molecule has 0 saturated carbocycles. The second-order valence-corrected chi connectivity index (χ2v) is 9.32. The predicted molar refractivity (Wildman–Crippen MR) is 133 cm³/mol. The van der Waals surface area contributed by atoms with Gasteiger partial charge in [-0.25, -0.2) is 9.97 Å². The third-order valence-electron chi connectivity index (χ3n) is 6.81. The fraction of sp³-hybridized carbons (Fsp3) is 0.462. The molecule has 5 rings (SSSR count). The van der Waals surface area contributed by atoms with Crippen molar-refractivity contribution >= 4 is 28.6 Å². The van der Waals surface area contributed by atoms with Gasteiger partial charge in [-0.2, -0.15) is 4.98 Å². The Morgan fingerprint density at radius 2 is 1.79 bits per heavy atom. The standard InChI is InChI=1S/C26H32N6O2/c1-18-5-7-22(8-6-18)34-17-24(33)29-20-15-23-19(2)28-26(30-25(23)27-16-20)32-13-9-21(10-14-32)31-11-3-4-12-31/h5-8,15-16,21H,3-4,9-14,17H2,1-2H3,(H,29,33). The number of fused-ring (bicyclic) bond motifs is 1. The third-order valence-corrected chi connectivity index (χ3v) is 6.81. The molecule has 1 N–H and O–H groups in total. The third kappa shape index (κ3) is 5.12. The van der Waals surface area contributed by atoms with Crippen LogP contribution in [0, 0.1) is 13.8 Å². The van der Waals surface area contributed by atoms with Gasteiger partial charge in [0.25, 0.3) is 5.91 Å². The Bertz CT molecular complexity index is 1150. The monoisotopic (exact) mass is 460 g/mol. The largest absolute Gasteiger partial charge is 0.484 e. The van der Waals surface area contributed by atoms with Crippen molar-refractivity contribution in [3.8, 4) is 5.75 Å². The highest BCUT2D eigenvalue weighted by atomic mass is 16.5. The Morgan fingerprint density at radius 1 is 1.06 bits per heavy atom. The number of likely N-dealkylation sites (tertiary alicyclic amines) is 1. The van der Waals surface area contributed by atoms with E-state index in [9.17, 15) is 4.79 Å². The average molecular weight is 461 g/mol. The first-order valence-corrected chi connectivity index (χ1v) is 12.2. The van der Waals surface area contributed by atoms with Crippen LogP contribution < -0.4 is 15.0 Å². The number of hydrogen-bond acceptors (Lipinski definition) is 7. The minimum absolute atomic E-state index is 0.0666. The molecule has 2 aromatic heterocycles. The first-order valence-electron chi connectivity index (χ1n) is 12.2. The smallest absolute Gasteiger partial charge is 0.262 e. The molecule has 0 bridgehead atoms. The number of nitrogens with zero attached hydrogens (tertiary/aromatic N) is 5. The van der Waals surface area contributed by atoms with Crippen molar-refractivity contribution in [2.24, 2.45) is 0 Å². The minimum Gasteiger partial charge on any atom is -0.484 e. The number of amides is 1. The van der Waals surface area contributed by atoms with Gasteiger partial charge >= 0.3 is 0 Å². The molecule has 4 heterocycles. The zero-order chi connectivity index (χ0) is 23.5. The molecule has 0 atom stereocenters. The number of piperidine rings is 1. The zero-order valence-corrected chi connectivity index (χ0v) is 20.0. The number of carbonyl (C=O) groups is 1. The van der Waals surface area contributed by atoms with Crippen LogP contribution in [0.25, 0.3) is 11.0 Å². The van der Waals surface area contributed by atoms with Crippen molar-refractivity contribution in [3.63, 3.8) is 0 Å². The number of benzene rings is 1. The van der Waals surface area contributed by atoms with Crippen LogP contribution in [-0.2, 0) is 4.79 Å². The Labute approximate surface area is 200 Å². The summed E-state index contributed by atoms with van der Waals surface area (Å²) in [6.07, 6.45) is 6.62. The summed E-state index contributed by atoms with van der Waals surface area (Å²) in [5.74, 6) is 1.18. The highest BCUT2D eigenvalue weighted by molar-refractivity contribution is 5.94. The molecule has 2 fully saturated rings. The van der Waals surface area contributed by atoms with Crippen molar-refractivity contribution in [2.45, 2.75) is 45.6 Å². The lowest BCUT2D eigenvalue weighted by Crippen LogP contribution is -2.44. The van der Waals surface area contributed by atoms with Crippen molar-refractivity contribution in [3.05, 3.63) is 47.8 Å². The summed E-state index contributed by atoms with van der Waals surface area (Å²) in [4.78, 5) is 31.3. The number of hydrogen-bond donors (Lipinski definition) is 1. The van der Waals surface area contributed by atoms with Crippen molar-refractivity contribution in [1.29, 1.82) is 0 Å². The summed E-state index contributed by atoms with van der Waals surface area (Å²) >= 11 is 0. The molecule has 1 amide bonds. The highest BCUT2D eigenvalue weighted by Crippen LogP contribution is 2.25. The molecular weight excluding hydrogens is 428 g/mol. The van der Waals surface area contributed by atoms with Crippen LogP contribution in [-0.4, -0.2) is 64.6 Å². The number of aryl methyl sites for hydroxylation is 2. The Morgan fingerprint density at radius 3 is 2.53 bits per heavy atom. The molecule has 0 aliphatic carbocycles. The Balaban J connectivity index is 1.21. The molecule has 0 radical (unpaired) electrons. The van der Waals surface area contributed by atoms with E-state index in [0.29, 0.717) is 23.1 Å². The molecule has 2 aliphatic rings. The summed E-state index contributed by atoms with van der Waals surface area (Å²) in [7, 11) is 0. The Hall–Kier alpha value is -3.26. The van der Waals surface area contributed by atoms with Crippen molar-refractivity contribution in [2.75, 3.05) is 43.0 Å². The summed E-state index contributed by atoms with van der Waals surface area (Å²) < 4.78 is 5.56. The van der Waals surface area contributed by atoms with Gasteiger partial charge in [0.2, 0.25) is 5.95 Å². The maximum Gasteiger partial charge on any atom is 0.262 e. The lowest BCUT2D eigenvalue weighted by molar-refractivity contribution is -0.118. The van der Waals surface area contributed by atoms with Crippen molar-refractivity contribution in [1.82, 2.24) is 19.9 Å². The number of anilines is 2. The van der Waals surface area contributed by atoms with Crippen LogP contribution in [0.1, 0.15) is 36.9 Å². The fourth-order valence-corrected chi connectivity index (χ4v) is 4.87. The number of nitrogens with one attached hydrogen (secondary N) is 1. The van der Waals surface area contributed by atoms with Gasteiger partial charge in [-0.05, 0) is 70.8 Å². The maximum atomic E-state index is 12.4. The van der Waals surface area contributed by atoms with Gasteiger partial charge in [-0.15, -0.1) is 0 Å². The van der Waals surface area contributed by atoms with E-state index in [1.54, 1.807) is 6.20 Å². The van der Waals surface area contributed by atoms with Crippen LogP contribution in [0.2, 0.25) is 0 Å². The van der Waals surface area contributed by atoms with E-state index in [1.165, 1.54) is 25.9 Å². The number of ether oxygens (including phenoxy) is 1. The van der Waals surface area contributed by atoms with Gasteiger partial charge in [0.15, 0.2) is 12.3 Å². The fourth-order valence-electron chi connectivity index (χ4n) is 4.87. The molecule has 8 nitrogen and oxygen atoms in total. The molecule has 178 valence electrons. The van der Waals surface area contributed by atoms with Gasteiger partial charge in [0, 0.05) is 24.5 Å². The SMILES string of the molecule is Cc1ccc(OCC(=O)Nc2cnc3nc(N4CCC(N5CCCC5)CC4)nc(C)c3c2)cc1. The van der Waals surface area contributed by atoms with Crippen LogP contribution in [0.4, 0.5) is 11.6 Å². The molecule has 2 saturated heterocycles. The second-order valence-electron chi connectivity index (χ2n) is 9.32. The molecule has 3 aromatic rings. The van der Waals surface area contributed by atoms with E-state index in [2.05, 4.69) is 20.1 Å². The summed E-state index contributed by atoms with van der Waals surface area (Å²) in [6, 6.07) is 10.2. The number of pyridine rings is 1. The molecular formula is C26H32N6O2. The summed E-state index contributed by atoms with van der Waals surface area (Å²) in [6.45, 7) is 8.35. The predicted octanol–water partition coefficient (Wildman–Crippen LogP) is 3.72. The molecule has 34 heavy (non-hydrogen) atoms. The van der Waals surface area contributed by atoms with Gasteiger partial charge in [-0.3, -0.25) is 4.79 Å². The van der Waals surface area contributed by atoms with E-state index in [1.807, 2.05) is 44.2 Å². The Kier molecular flexibility index (Phi) is 6.58. The molecule has 2 aliphatic heterocycles. The molecule has 0 unspecified atom stereocenters. The normalized spacial score (nSPS) is 17.3. The van der Waals surface area contributed by atoms with E-state index in [4.69, 9.17) is 14.7 Å². The summed E-state index contributed by atoms with van der Waals surface area (Å²) in [5, 5.41) is 3.70. The molecule has 0 spiro atoms. The lowest BCUT2D eigenvalue weighted by Gasteiger charge is -2.36. The van der Waals surface area contributed by atoms with E-state index in [-0.39, 0.29) is 12.5 Å². The summed E-state index contributed by atoms with van der Waals surface area (Å²) in [5.41, 5.74) is 3.27. The first kappa shape index (κ1) is 22.5. The average Bonchev–Trinajstić information content (AvgIpc) is 3.39. The van der Waals surface area contributed by atoms with Gasteiger partial charge < -0.3 is 19.9 Å². The topological polar surface area (TPSA) is 83.5 Å². The van der Waals surface area contributed by atoms with Gasteiger partial charge in [-0.1, -0.05) is 17.7 Å². The second kappa shape index (κ2) is 9.93. The maximum absolute atomic E-state index is 12.4. The van der Waals surface area contributed by atoms with Crippen LogP contribution in [0.15, 0.2) is 36.5 Å². The van der Waals surface area contributed by atoms with E-state index in [0.717, 1.165) is 48.5 Å². The highest BCUT2D eigenvalue weighted by Gasteiger charge is 2.27. The van der Waals surface area contributed by atoms with E-state index < -0.39 is 0 Å².